The van der Waals surface area contributed by atoms with Gasteiger partial charge in [-0.2, -0.15) is 0 Å². The van der Waals surface area contributed by atoms with E-state index >= 15 is 0 Å². The maximum absolute atomic E-state index is 13.0. The summed E-state index contributed by atoms with van der Waals surface area (Å²) in [5.74, 6) is -1.22. The summed E-state index contributed by atoms with van der Waals surface area (Å²) >= 11 is 0. The maximum Gasteiger partial charge on any atom is 0.331 e. The highest BCUT2D eigenvalue weighted by molar-refractivity contribution is 6.31. The number of fused-ring (bicyclic) bond motifs is 1. The molecule has 1 aromatic heterocycles. The van der Waals surface area contributed by atoms with E-state index < -0.39 is 17.8 Å². The quantitative estimate of drug-likeness (QED) is 0.505. The molecule has 0 saturated carbocycles. The van der Waals surface area contributed by atoms with E-state index in [-0.39, 0.29) is 12.1 Å². The zero-order valence-corrected chi connectivity index (χ0v) is 16.8. The number of carbonyl (C=O) groups excluding carboxylic acids is 3. The number of carbonyl (C=O) groups is 3. The second kappa shape index (κ2) is 8.37. The lowest BCUT2D eigenvalue weighted by Gasteiger charge is -2.26. The summed E-state index contributed by atoms with van der Waals surface area (Å²) in [6.07, 6.45) is 5.04. The summed E-state index contributed by atoms with van der Waals surface area (Å²) in [4.78, 5) is 38.8. The first-order valence-corrected chi connectivity index (χ1v) is 10.1. The molecular formula is C24H23N3O3. The molecule has 0 spiro atoms. The minimum Gasteiger partial charge on any atom is -0.347 e. The van der Waals surface area contributed by atoms with Crippen LogP contribution in [0.25, 0.3) is 17.0 Å². The van der Waals surface area contributed by atoms with E-state index in [1.807, 2.05) is 60.8 Å². The number of imide groups is 2. The van der Waals surface area contributed by atoms with Crippen LogP contribution in [0, 0.1) is 0 Å². The highest BCUT2D eigenvalue weighted by Crippen LogP contribution is 2.25. The van der Waals surface area contributed by atoms with E-state index in [2.05, 4.69) is 16.8 Å². The van der Waals surface area contributed by atoms with Gasteiger partial charge in [0, 0.05) is 35.8 Å². The minimum atomic E-state index is -0.675. The summed E-state index contributed by atoms with van der Waals surface area (Å²) in [5, 5.41) is 3.26. The molecule has 6 nitrogen and oxygen atoms in total. The molecule has 0 radical (unpaired) electrons. The van der Waals surface area contributed by atoms with Crippen molar-refractivity contribution in [2.24, 2.45) is 0 Å². The van der Waals surface area contributed by atoms with Gasteiger partial charge in [-0.3, -0.25) is 19.8 Å². The van der Waals surface area contributed by atoms with Gasteiger partial charge in [0.05, 0.1) is 0 Å². The van der Waals surface area contributed by atoms with E-state index in [9.17, 15) is 14.4 Å². The smallest absolute Gasteiger partial charge is 0.331 e. The van der Waals surface area contributed by atoms with Crippen LogP contribution < -0.4 is 5.32 Å². The number of amides is 4. The Morgan fingerprint density at radius 2 is 1.67 bits per heavy atom. The van der Waals surface area contributed by atoms with Gasteiger partial charge >= 0.3 is 6.03 Å². The largest absolute Gasteiger partial charge is 0.347 e. The van der Waals surface area contributed by atoms with Crippen LogP contribution in [0.3, 0.4) is 0 Å². The number of nitrogens with zero attached hydrogens (tertiary/aromatic N) is 2. The fourth-order valence-electron chi connectivity index (χ4n) is 3.75. The fourth-order valence-corrected chi connectivity index (χ4v) is 3.75. The van der Waals surface area contributed by atoms with E-state index in [0.29, 0.717) is 6.42 Å². The van der Waals surface area contributed by atoms with Crippen molar-refractivity contribution in [3.63, 3.8) is 0 Å². The van der Waals surface area contributed by atoms with Gasteiger partial charge in [-0.1, -0.05) is 55.5 Å². The Morgan fingerprint density at radius 1 is 0.933 bits per heavy atom. The molecule has 2 heterocycles. The number of aromatic nitrogens is 1. The molecule has 1 aliphatic heterocycles. The Kier molecular flexibility index (Phi) is 5.48. The van der Waals surface area contributed by atoms with Gasteiger partial charge in [0.2, 0.25) is 0 Å². The minimum absolute atomic E-state index is 0.0259. The molecule has 0 unspecified atom stereocenters. The average molecular weight is 401 g/mol. The highest BCUT2D eigenvalue weighted by Gasteiger charge is 2.35. The summed E-state index contributed by atoms with van der Waals surface area (Å²) in [5.41, 5.74) is 2.83. The molecule has 1 fully saturated rings. The van der Waals surface area contributed by atoms with Crippen molar-refractivity contribution in [1.82, 2.24) is 14.8 Å². The lowest BCUT2D eigenvalue weighted by atomic mass is 10.1. The standard InChI is InChI=1S/C24H23N3O3/c1-2-13-26-16-18(19-10-6-7-11-21(19)26)15-20-22(28)25-24(30)27(23(20)29)14-12-17-8-4-3-5-9-17/h3-11,15-16H,2,12-14H2,1H3,(H,25,28,30). The number of aryl methyl sites for hydroxylation is 1. The normalized spacial score (nSPS) is 15.8. The van der Waals surface area contributed by atoms with E-state index in [1.165, 1.54) is 0 Å². The summed E-state index contributed by atoms with van der Waals surface area (Å²) in [6.45, 7) is 3.14. The van der Waals surface area contributed by atoms with Crippen molar-refractivity contribution < 1.29 is 14.4 Å². The number of para-hydroxylation sites is 1. The number of rotatable bonds is 6. The van der Waals surface area contributed by atoms with Crippen LogP contribution >= 0.6 is 0 Å². The van der Waals surface area contributed by atoms with Gasteiger partial charge < -0.3 is 4.57 Å². The molecule has 0 aliphatic carbocycles. The average Bonchev–Trinajstić information content (AvgIpc) is 3.09. The van der Waals surface area contributed by atoms with Gasteiger partial charge in [0.25, 0.3) is 11.8 Å². The van der Waals surface area contributed by atoms with Gasteiger partial charge in [-0.25, -0.2) is 4.79 Å². The number of nitrogens with one attached hydrogen (secondary N) is 1. The number of hydrogen-bond acceptors (Lipinski definition) is 3. The topological polar surface area (TPSA) is 71.4 Å². The van der Waals surface area contributed by atoms with Crippen LogP contribution in [0.2, 0.25) is 0 Å². The SMILES string of the molecule is CCCn1cc(C=C2C(=O)NC(=O)N(CCc3ccccc3)C2=O)c2ccccc21. The Labute approximate surface area is 174 Å². The number of hydrogen-bond donors (Lipinski definition) is 1. The van der Waals surface area contributed by atoms with Gasteiger partial charge in [0.1, 0.15) is 5.57 Å². The maximum atomic E-state index is 13.0. The summed E-state index contributed by atoms with van der Waals surface area (Å²) in [6, 6.07) is 16.8. The number of urea groups is 1. The van der Waals surface area contributed by atoms with Crippen LogP contribution in [0.1, 0.15) is 24.5 Å². The molecule has 0 atom stereocenters. The molecule has 4 rings (SSSR count). The third kappa shape index (κ3) is 3.76. The van der Waals surface area contributed by atoms with Gasteiger partial charge in [0.15, 0.2) is 0 Å². The monoisotopic (exact) mass is 401 g/mol. The van der Waals surface area contributed by atoms with E-state index in [1.54, 1.807) is 6.08 Å². The van der Waals surface area contributed by atoms with Crippen LogP contribution in [0.4, 0.5) is 4.79 Å². The molecule has 4 amide bonds. The second-order valence-corrected chi connectivity index (χ2v) is 7.30. The number of benzene rings is 2. The van der Waals surface area contributed by atoms with E-state index in [4.69, 9.17) is 0 Å². The first kappa shape index (κ1) is 19.6. The Morgan fingerprint density at radius 3 is 2.43 bits per heavy atom. The zero-order valence-electron chi connectivity index (χ0n) is 16.8. The van der Waals surface area contributed by atoms with Crippen molar-refractivity contribution in [2.75, 3.05) is 6.54 Å². The molecule has 1 aliphatic rings. The van der Waals surface area contributed by atoms with Crippen LogP contribution in [0.5, 0.6) is 0 Å². The van der Waals surface area contributed by atoms with Gasteiger partial charge in [-0.05, 0) is 30.5 Å². The number of barbiturate groups is 1. The molecular weight excluding hydrogens is 378 g/mol. The molecule has 152 valence electrons. The van der Waals surface area contributed by atoms with Crippen molar-refractivity contribution in [3.8, 4) is 0 Å². The van der Waals surface area contributed by atoms with Crippen LogP contribution in [-0.2, 0) is 22.6 Å². The molecule has 30 heavy (non-hydrogen) atoms. The Balaban J connectivity index is 1.65. The second-order valence-electron chi connectivity index (χ2n) is 7.30. The Bertz CT molecular complexity index is 1140. The lowest BCUT2D eigenvalue weighted by Crippen LogP contribution is -2.54. The van der Waals surface area contributed by atoms with Crippen LogP contribution in [0.15, 0.2) is 66.4 Å². The van der Waals surface area contributed by atoms with Crippen molar-refractivity contribution in [2.45, 2.75) is 26.3 Å². The molecule has 2 aromatic carbocycles. The lowest BCUT2D eigenvalue weighted by molar-refractivity contribution is -0.130. The predicted molar refractivity (Wildman–Crippen MR) is 116 cm³/mol. The molecule has 6 heteroatoms. The summed E-state index contributed by atoms with van der Waals surface area (Å²) < 4.78 is 2.12. The Hall–Kier alpha value is -3.67. The van der Waals surface area contributed by atoms with Crippen molar-refractivity contribution in [3.05, 3.63) is 77.5 Å². The third-order valence-electron chi connectivity index (χ3n) is 5.24. The van der Waals surface area contributed by atoms with Crippen molar-refractivity contribution >= 4 is 34.8 Å². The molecule has 0 bridgehead atoms. The first-order chi connectivity index (χ1) is 14.6. The van der Waals surface area contributed by atoms with Gasteiger partial charge in [-0.15, -0.1) is 0 Å². The predicted octanol–water partition coefficient (Wildman–Crippen LogP) is 3.76. The highest BCUT2D eigenvalue weighted by atomic mass is 16.2. The molecule has 1 saturated heterocycles. The summed E-state index contributed by atoms with van der Waals surface area (Å²) in [7, 11) is 0. The van der Waals surface area contributed by atoms with Crippen LogP contribution in [-0.4, -0.2) is 33.9 Å². The fraction of sp³-hybridized carbons (Fsp3) is 0.208. The first-order valence-electron chi connectivity index (χ1n) is 10.1. The van der Waals surface area contributed by atoms with Crippen molar-refractivity contribution in [1.29, 1.82) is 0 Å². The van der Waals surface area contributed by atoms with E-state index in [0.717, 1.165) is 39.9 Å². The molecule has 3 aromatic rings. The molecule has 1 N–H and O–H groups in total. The zero-order chi connectivity index (χ0) is 21.1. The third-order valence-corrected chi connectivity index (χ3v) is 5.24.